The van der Waals surface area contributed by atoms with E-state index in [-0.39, 0.29) is 15.5 Å². The second-order valence-electron chi connectivity index (χ2n) is 6.00. The number of benzene rings is 2. The Morgan fingerprint density at radius 2 is 1.71 bits per heavy atom. The molecule has 0 fully saturated rings. The van der Waals surface area contributed by atoms with Gasteiger partial charge in [-0.25, -0.2) is 17.5 Å². The van der Waals surface area contributed by atoms with E-state index in [1.807, 2.05) is 11.6 Å². The lowest BCUT2D eigenvalue weighted by molar-refractivity contribution is -0.123. The minimum absolute atomic E-state index is 0.0335. The van der Waals surface area contributed by atoms with Gasteiger partial charge in [-0.1, -0.05) is 35.4 Å². The number of carbonyl (C=O) groups excluding carboxylic acids is 1. The van der Waals surface area contributed by atoms with Crippen LogP contribution in [-0.2, 0) is 20.2 Å². The summed E-state index contributed by atoms with van der Waals surface area (Å²) in [6, 6.07) is 9.97. The molecule has 0 saturated carbocycles. The summed E-state index contributed by atoms with van der Waals surface area (Å²) in [5, 5.41) is 0.194. The lowest BCUT2D eigenvalue weighted by atomic mass is 9.83. The molecule has 0 saturated heterocycles. The number of rotatable bonds is 4. The fraction of sp³-hybridized carbons (Fsp3) is 0.235. The summed E-state index contributed by atoms with van der Waals surface area (Å²) in [4.78, 5) is 12.4. The van der Waals surface area contributed by atoms with Crippen LogP contribution >= 0.6 is 11.6 Å². The van der Waals surface area contributed by atoms with Crippen LogP contribution in [-0.4, -0.2) is 14.3 Å². The van der Waals surface area contributed by atoms with Crippen molar-refractivity contribution in [2.24, 2.45) is 0 Å². The van der Waals surface area contributed by atoms with Crippen LogP contribution in [0.1, 0.15) is 25.0 Å². The molecule has 4 nitrogen and oxygen atoms in total. The summed E-state index contributed by atoms with van der Waals surface area (Å²) in [5.74, 6) is -1.50. The molecular formula is C17H17ClFNO3S. The topological polar surface area (TPSA) is 63.2 Å². The second-order valence-corrected chi connectivity index (χ2v) is 8.12. The van der Waals surface area contributed by atoms with Crippen molar-refractivity contribution in [1.29, 1.82) is 0 Å². The molecule has 0 atom stereocenters. The van der Waals surface area contributed by atoms with Gasteiger partial charge in [0.1, 0.15) is 5.82 Å². The molecule has 0 heterocycles. The standard InChI is InChI=1S/C17H17ClFNO3S/c1-11-4-7-13(8-5-11)24(22,23)20-16(21)17(2,3)14-9-6-12(18)10-15(14)19/h4-10H,1-3H3,(H,20,21). The van der Waals surface area contributed by atoms with Crippen molar-refractivity contribution < 1.29 is 17.6 Å². The SMILES string of the molecule is Cc1ccc(S(=O)(=O)NC(=O)C(C)(C)c2ccc(Cl)cc2F)cc1. The third-order valence-corrected chi connectivity index (χ3v) is 5.31. The van der Waals surface area contributed by atoms with Crippen molar-refractivity contribution in [1.82, 2.24) is 4.72 Å². The third-order valence-electron chi connectivity index (χ3n) is 3.73. The smallest absolute Gasteiger partial charge is 0.264 e. The average molecular weight is 370 g/mol. The number of amides is 1. The van der Waals surface area contributed by atoms with Gasteiger partial charge in [0, 0.05) is 10.6 Å². The molecule has 0 aliphatic heterocycles. The van der Waals surface area contributed by atoms with Crippen LogP contribution in [0.5, 0.6) is 0 Å². The van der Waals surface area contributed by atoms with E-state index in [4.69, 9.17) is 11.6 Å². The number of nitrogens with one attached hydrogen (secondary N) is 1. The normalized spacial score (nSPS) is 12.0. The molecule has 0 unspecified atom stereocenters. The predicted molar refractivity (Wildman–Crippen MR) is 90.9 cm³/mol. The molecule has 0 aromatic heterocycles. The summed E-state index contributed by atoms with van der Waals surface area (Å²) in [6.45, 7) is 4.71. The number of hydrogen-bond donors (Lipinski definition) is 1. The highest BCUT2D eigenvalue weighted by Crippen LogP contribution is 2.28. The van der Waals surface area contributed by atoms with E-state index in [0.717, 1.165) is 11.6 Å². The minimum Gasteiger partial charge on any atom is -0.273 e. The Hall–Kier alpha value is -1.92. The first-order valence-corrected chi connectivity index (χ1v) is 8.99. The van der Waals surface area contributed by atoms with E-state index >= 15 is 0 Å². The molecule has 0 aliphatic carbocycles. The largest absolute Gasteiger partial charge is 0.273 e. The Bertz CT molecular complexity index is 877. The van der Waals surface area contributed by atoms with E-state index < -0.39 is 27.2 Å². The van der Waals surface area contributed by atoms with Crippen molar-refractivity contribution in [2.75, 3.05) is 0 Å². The van der Waals surface area contributed by atoms with Gasteiger partial charge in [0.2, 0.25) is 5.91 Å². The molecule has 0 aliphatic rings. The molecule has 0 bridgehead atoms. The molecule has 0 radical (unpaired) electrons. The molecule has 2 aromatic carbocycles. The molecule has 24 heavy (non-hydrogen) atoms. The molecule has 2 rings (SSSR count). The van der Waals surface area contributed by atoms with Crippen LogP contribution < -0.4 is 4.72 Å². The lowest BCUT2D eigenvalue weighted by Crippen LogP contribution is -2.43. The Balaban J connectivity index is 2.32. The maximum Gasteiger partial charge on any atom is 0.264 e. The second kappa shape index (κ2) is 6.53. The zero-order chi connectivity index (χ0) is 18.1. The first-order valence-electron chi connectivity index (χ1n) is 7.13. The molecule has 1 N–H and O–H groups in total. The van der Waals surface area contributed by atoms with Crippen LogP contribution in [0.2, 0.25) is 5.02 Å². The van der Waals surface area contributed by atoms with Crippen LogP contribution in [0.15, 0.2) is 47.4 Å². The summed E-state index contributed by atoms with van der Waals surface area (Å²) in [5.41, 5.74) is -0.445. The van der Waals surface area contributed by atoms with Crippen molar-refractivity contribution >= 4 is 27.5 Å². The molecule has 7 heteroatoms. The number of sulfonamides is 1. The summed E-state index contributed by atoms with van der Waals surface area (Å²) in [6.07, 6.45) is 0. The van der Waals surface area contributed by atoms with E-state index in [2.05, 4.69) is 0 Å². The van der Waals surface area contributed by atoms with Crippen molar-refractivity contribution in [2.45, 2.75) is 31.1 Å². The summed E-state index contributed by atoms with van der Waals surface area (Å²) >= 11 is 5.71. The zero-order valence-corrected chi connectivity index (χ0v) is 15.0. The minimum atomic E-state index is -4.04. The highest BCUT2D eigenvalue weighted by molar-refractivity contribution is 7.90. The quantitative estimate of drug-likeness (QED) is 0.896. The van der Waals surface area contributed by atoms with Crippen LogP contribution in [0, 0.1) is 12.7 Å². The van der Waals surface area contributed by atoms with Gasteiger partial charge in [-0.2, -0.15) is 0 Å². The molecule has 2 aromatic rings. The highest BCUT2D eigenvalue weighted by Gasteiger charge is 2.35. The number of halogens is 2. The van der Waals surface area contributed by atoms with Crippen LogP contribution in [0.4, 0.5) is 4.39 Å². The Morgan fingerprint density at radius 3 is 2.25 bits per heavy atom. The molecule has 128 valence electrons. The monoisotopic (exact) mass is 369 g/mol. The van der Waals surface area contributed by atoms with Crippen LogP contribution in [0.3, 0.4) is 0 Å². The number of aryl methyl sites for hydroxylation is 1. The van der Waals surface area contributed by atoms with Crippen molar-refractivity contribution in [3.63, 3.8) is 0 Å². The fourth-order valence-electron chi connectivity index (χ4n) is 2.14. The maximum atomic E-state index is 14.1. The van der Waals surface area contributed by atoms with Gasteiger partial charge < -0.3 is 0 Å². The van der Waals surface area contributed by atoms with Gasteiger partial charge in [0.05, 0.1) is 10.3 Å². The van der Waals surface area contributed by atoms with E-state index in [1.54, 1.807) is 12.1 Å². The van der Waals surface area contributed by atoms with Gasteiger partial charge >= 0.3 is 0 Å². The van der Waals surface area contributed by atoms with Gasteiger partial charge in [-0.05, 0) is 45.0 Å². The molecule has 1 amide bonds. The van der Waals surface area contributed by atoms with Gasteiger partial charge in [0.25, 0.3) is 10.0 Å². The van der Waals surface area contributed by atoms with E-state index in [0.29, 0.717) is 0 Å². The molecular weight excluding hydrogens is 353 g/mol. The highest BCUT2D eigenvalue weighted by atomic mass is 35.5. The zero-order valence-electron chi connectivity index (χ0n) is 13.4. The Morgan fingerprint density at radius 1 is 1.12 bits per heavy atom. The first kappa shape index (κ1) is 18.4. The van der Waals surface area contributed by atoms with Crippen molar-refractivity contribution in [3.05, 3.63) is 64.4 Å². The lowest BCUT2D eigenvalue weighted by Gasteiger charge is -2.24. The number of hydrogen-bond acceptors (Lipinski definition) is 3. The first-order chi connectivity index (χ1) is 11.0. The third kappa shape index (κ3) is 3.76. The number of carbonyl (C=O) groups is 1. The predicted octanol–water partition coefficient (Wildman–Crippen LogP) is 3.57. The van der Waals surface area contributed by atoms with Gasteiger partial charge in [0.15, 0.2) is 0 Å². The van der Waals surface area contributed by atoms with E-state index in [1.165, 1.54) is 38.1 Å². The van der Waals surface area contributed by atoms with E-state index in [9.17, 15) is 17.6 Å². The summed E-state index contributed by atoms with van der Waals surface area (Å²) in [7, 11) is -4.04. The van der Waals surface area contributed by atoms with Crippen LogP contribution in [0.25, 0.3) is 0 Å². The van der Waals surface area contributed by atoms with Crippen molar-refractivity contribution in [3.8, 4) is 0 Å². The van der Waals surface area contributed by atoms with Gasteiger partial charge in [-0.15, -0.1) is 0 Å². The molecule has 0 spiro atoms. The summed E-state index contributed by atoms with van der Waals surface area (Å²) < 4.78 is 40.7. The average Bonchev–Trinajstić information content (AvgIpc) is 2.46. The Labute approximate surface area is 145 Å². The van der Waals surface area contributed by atoms with Gasteiger partial charge in [-0.3, -0.25) is 4.79 Å². The Kier molecular flexibility index (Phi) is 5.01. The fourth-order valence-corrected chi connectivity index (χ4v) is 3.41. The maximum absolute atomic E-state index is 14.1.